The summed E-state index contributed by atoms with van der Waals surface area (Å²) < 4.78 is 34.7. The molecule has 3 heterocycles. The van der Waals surface area contributed by atoms with Gasteiger partial charge in [-0.15, -0.1) is 0 Å². The summed E-state index contributed by atoms with van der Waals surface area (Å²) >= 11 is 0. The summed E-state index contributed by atoms with van der Waals surface area (Å²) in [6.07, 6.45) is -18.9. The molecule has 7 fully saturated rings. The Bertz CT molecular complexity index is 1820. The van der Waals surface area contributed by atoms with Gasteiger partial charge in [0.05, 0.1) is 43.5 Å². The molecule has 4 saturated carbocycles. The lowest BCUT2D eigenvalue weighted by Gasteiger charge is -2.71. The fourth-order valence-corrected chi connectivity index (χ4v) is 15.2. The number of ether oxygens (including phenoxy) is 6. The van der Waals surface area contributed by atoms with Gasteiger partial charge in [-0.25, -0.2) is 0 Å². The van der Waals surface area contributed by atoms with Gasteiger partial charge in [0.1, 0.15) is 67.1 Å². The van der Waals surface area contributed by atoms with Crippen LogP contribution in [0.3, 0.4) is 0 Å². The van der Waals surface area contributed by atoms with Crippen LogP contribution in [0, 0.1) is 56.7 Å². The van der Waals surface area contributed by atoms with E-state index in [4.69, 9.17) is 28.4 Å². The molecule has 0 aromatic carbocycles. The molecule has 0 radical (unpaired) electrons. The Morgan fingerprint density at radius 3 is 2.01 bits per heavy atom. The zero-order chi connectivity index (χ0) is 49.1. The molecule has 67 heavy (non-hydrogen) atoms. The highest BCUT2D eigenvalue weighted by Gasteiger charge is 2.71. The van der Waals surface area contributed by atoms with E-state index in [1.807, 2.05) is 6.92 Å². The van der Waals surface area contributed by atoms with Crippen molar-refractivity contribution in [3.63, 3.8) is 0 Å². The number of esters is 1. The average Bonchev–Trinajstić information content (AvgIpc) is 3.29. The van der Waals surface area contributed by atoms with Crippen molar-refractivity contribution < 1.29 is 94.5 Å². The predicted octanol–water partition coefficient (Wildman–Crippen LogP) is -1.03. The van der Waals surface area contributed by atoms with E-state index >= 15 is 4.79 Å². The Morgan fingerprint density at radius 1 is 0.701 bits per heavy atom. The van der Waals surface area contributed by atoms with Crippen molar-refractivity contribution in [1.82, 2.24) is 0 Å². The molecule has 384 valence electrons. The summed E-state index contributed by atoms with van der Waals surface area (Å²) in [4.78, 5) is 15.0. The van der Waals surface area contributed by atoms with Crippen LogP contribution in [0.4, 0.5) is 0 Å². The minimum absolute atomic E-state index is 0.0112. The van der Waals surface area contributed by atoms with E-state index in [-0.39, 0.29) is 52.4 Å². The topological polar surface area (TPSA) is 315 Å². The predicted molar refractivity (Wildman–Crippen MR) is 231 cm³/mol. The summed E-state index contributed by atoms with van der Waals surface area (Å²) in [7, 11) is 0. The van der Waals surface area contributed by atoms with Crippen LogP contribution in [0.2, 0.25) is 0 Å². The SMILES string of the molecule is C[C@H]1[C@H](C)CC[C@]2(C(=O)O[C@@H]3O[C@H](CO[C@@H]4O[C@H](CO)[C@@H](O[C@@H]5O[C@H](C)[C@H](O)[C@@H](O)[C@H]5O)[C@H](O)[C@H]4O)[C@@H](O)[C@H](O)[C@H]3O)CC[C@]3(C)C(=CC[C@@H]4[C@@]5(C)C[C@@H](O)[C@H](O)[C@@](C)(CO)[C@@H]5CC[C@]43C)[C@@H]12. The third-order valence-corrected chi connectivity index (χ3v) is 19.7. The number of fused-ring (bicyclic) bond motifs is 7. The third-order valence-electron chi connectivity index (χ3n) is 19.7. The first kappa shape index (κ1) is 51.9. The Kier molecular flexibility index (Phi) is 14.4. The summed E-state index contributed by atoms with van der Waals surface area (Å²) in [5.41, 5.74) is -1.64. The van der Waals surface area contributed by atoms with Crippen molar-refractivity contribution in [2.75, 3.05) is 19.8 Å². The normalized spacial score (nSPS) is 56.7. The molecule has 0 bridgehead atoms. The van der Waals surface area contributed by atoms with E-state index < -0.39 is 134 Å². The van der Waals surface area contributed by atoms with Crippen molar-refractivity contribution >= 4 is 5.97 Å². The Morgan fingerprint density at radius 2 is 1.34 bits per heavy atom. The average molecular weight is 959 g/mol. The van der Waals surface area contributed by atoms with Crippen molar-refractivity contribution in [2.45, 2.75) is 204 Å². The van der Waals surface area contributed by atoms with E-state index in [9.17, 15) is 61.3 Å². The van der Waals surface area contributed by atoms with E-state index in [1.165, 1.54) is 12.5 Å². The van der Waals surface area contributed by atoms with Crippen LogP contribution in [-0.4, -0.2) is 191 Å². The number of carbonyl (C=O) groups is 1. The van der Waals surface area contributed by atoms with Crippen molar-refractivity contribution in [1.29, 1.82) is 0 Å². The lowest BCUT2D eigenvalue weighted by molar-refractivity contribution is -0.361. The second-order valence-corrected chi connectivity index (χ2v) is 22.9. The number of carbonyl (C=O) groups excluding carboxylic acids is 1. The Hall–Kier alpha value is -1.47. The van der Waals surface area contributed by atoms with Gasteiger partial charge in [-0.3, -0.25) is 4.79 Å². The summed E-state index contributed by atoms with van der Waals surface area (Å²) in [6.45, 7) is 13.0. The molecule has 0 aromatic rings. The highest BCUT2D eigenvalue weighted by molar-refractivity contribution is 5.79. The maximum atomic E-state index is 15.0. The van der Waals surface area contributed by atoms with Gasteiger partial charge in [-0.05, 0) is 104 Å². The molecule has 0 unspecified atom stereocenters. The van der Waals surface area contributed by atoms with Crippen LogP contribution < -0.4 is 0 Å². The van der Waals surface area contributed by atoms with Gasteiger partial charge in [0.2, 0.25) is 6.29 Å². The maximum Gasteiger partial charge on any atom is 0.315 e. The number of aliphatic hydroxyl groups excluding tert-OH is 12. The zero-order valence-corrected chi connectivity index (χ0v) is 39.8. The van der Waals surface area contributed by atoms with Gasteiger partial charge in [0.15, 0.2) is 12.6 Å². The van der Waals surface area contributed by atoms with Gasteiger partial charge in [-0.1, -0.05) is 53.2 Å². The maximum absolute atomic E-state index is 15.0. The number of allylic oxidation sites excluding steroid dienone is 2. The zero-order valence-electron chi connectivity index (χ0n) is 39.8. The Balaban J connectivity index is 0.985. The molecule has 3 aliphatic heterocycles. The van der Waals surface area contributed by atoms with Crippen molar-refractivity contribution in [3.8, 4) is 0 Å². The van der Waals surface area contributed by atoms with E-state index in [0.717, 1.165) is 19.3 Å². The van der Waals surface area contributed by atoms with Crippen LogP contribution in [-0.2, 0) is 33.2 Å². The van der Waals surface area contributed by atoms with Gasteiger partial charge in [0.25, 0.3) is 0 Å². The second-order valence-electron chi connectivity index (χ2n) is 22.9. The molecular formula is C48H78O19. The summed E-state index contributed by atoms with van der Waals surface area (Å²) in [6, 6.07) is 0. The number of hydrogen-bond acceptors (Lipinski definition) is 19. The molecule has 0 amide bonds. The molecule has 19 nitrogen and oxygen atoms in total. The van der Waals surface area contributed by atoms with Gasteiger partial charge >= 0.3 is 5.97 Å². The molecular weight excluding hydrogens is 881 g/mol. The highest BCUT2D eigenvalue weighted by Crippen LogP contribution is 2.76. The highest BCUT2D eigenvalue weighted by atomic mass is 16.8. The molecule has 19 heteroatoms. The smallest absolute Gasteiger partial charge is 0.315 e. The largest absolute Gasteiger partial charge is 0.432 e. The first-order valence-corrected chi connectivity index (χ1v) is 24.5. The number of aliphatic hydroxyl groups is 12. The minimum Gasteiger partial charge on any atom is -0.432 e. The molecule has 27 atom stereocenters. The fraction of sp³-hybridized carbons (Fsp3) is 0.938. The van der Waals surface area contributed by atoms with Crippen molar-refractivity contribution in [3.05, 3.63) is 11.6 Å². The van der Waals surface area contributed by atoms with Gasteiger partial charge in [0, 0.05) is 5.41 Å². The fourth-order valence-electron chi connectivity index (χ4n) is 15.2. The monoisotopic (exact) mass is 959 g/mol. The lowest BCUT2D eigenvalue weighted by Crippen LogP contribution is -2.68. The summed E-state index contributed by atoms with van der Waals surface area (Å²) in [5.74, 6) is -0.386. The second kappa shape index (κ2) is 18.5. The third kappa shape index (κ3) is 7.92. The lowest BCUT2D eigenvalue weighted by atomic mass is 9.33. The summed E-state index contributed by atoms with van der Waals surface area (Å²) in [5, 5.41) is 130. The molecule has 0 aromatic heterocycles. The molecule has 12 N–H and O–H groups in total. The van der Waals surface area contributed by atoms with Crippen LogP contribution >= 0.6 is 0 Å². The standard InChI is InChI=1S/C48H78O19/c1-20-10-13-48(15-14-46(6)23(29(48)21(20)2)8-9-28-44(4)16-24(51)39(60)45(5,19-50)27(44)11-12-47(28,46)7)43(61)67-42-36(58)33(55)31(53)26(65-42)18-62-40-37(59)34(56)38(25(17-49)64-40)66-41-35(57)32(54)30(52)22(3)63-41/h8,20-22,24-42,49-60H,9-19H2,1-7H3/t20-,21+,22-,24-,25-,26-,27-,28-,29-,30+,31-,32-,33+,34-,35-,36-,37-,38-,39+,40-,41+,42+,44+,45+,46-,47-,48+/m1/s1. The van der Waals surface area contributed by atoms with E-state index in [0.29, 0.717) is 32.1 Å². The van der Waals surface area contributed by atoms with Crippen molar-refractivity contribution in [2.24, 2.45) is 56.7 Å². The Labute approximate surface area is 392 Å². The first-order chi connectivity index (χ1) is 31.4. The number of hydrogen-bond donors (Lipinski definition) is 12. The van der Waals surface area contributed by atoms with Crippen LogP contribution in [0.1, 0.15) is 99.8 Å². The van der Waals surface area contributed by atoms with Gasteiger partial charge < -0.3 is 89.7 Å². The molecule has 8 rings (SSSR count). The van der Waals surface area contributed by atoms with E-state index in [2.05, 4.69) is 40.7 Å². The molecule has 5 aliphatic carbocycles. The minimum atomic E-state index is -1.86. The van der Waals surface area contributed by atoms with E-state index in [1.54, 1.807) is 0 Å². The van der Waals surface area contributed by atoms with Crippen LogP contribution in [0.5, 0.6) is 0 Å². The molecule has 3 saturated heterocycles. The van der Waals surface area contributed by atoms with Crippen LogP contribution in [0.15, 0.2) is 11.6 Å². The molecule has 0 spiro atoms. The van der Waals surface area contributed by atoms with Gasteiger partial charge in [-0.2, -0.15) is 0 Å². The molecule has 8 aliphatic rings. The van der Waals surface area contributed by atoms with Crippen LogP contribution in [0.25, 0.3) is 0 Å². The number of rotatable bonds is 9. The quantitative estimate of drug-likeness (QED) is 0.0971. The first-order valence-electron chi connectivity index (χ1n) is 24.5.